The number of hydrogen-bond donors (Lipinski definition) is 2. The number of amides is 1. The first-order valence-corrected chi connectivity index (χ1v) is 9.38. The topological polar surface area (TPSA) is 89.3 Å². The number of hydrogen-bond acceptors (Lipinski definition) is 4. The highest BCUT2D eigenvalue weighted by Gasteiger charge is 2.15. The number of anilines is 1. The third kappa shape index (κ3) is 3.82. The lowest BCUT2D eigenvalue weighted by molar-refractivity contribution is 0.102. The molecule has 8 heteroatoms. The molecule has 2 rings (SSSR count). The van der Waals surface area contributed by atoms with Gasteiger partial charge in [0, 0.05) is 11.1 Å². The molecule has 0 atom stereocenters. The van der Waals surface area contributed by atoms with Crippen molar-refractivity contribution in [2.75, 3.05) is 5.32 Å². The smallest absolute Gasteiger partial charge is 0.256 e. The SMILES string of the molecule is Cc1cc(S(N)(=O)=O)cc(NC(=O)c2csc(I)c2)c1C. The molecule has 112 valence electrons. The van der Waals surface area contributed by atoms with Crippen LogP contribution in [0.3, 0.4) is 0 Å². The number of thiophene rings is 1. The van der Waals surface area contributed by atoms with Crippen molar-refractivity contribution in [1.29, 1.82) is 0 Å². The number of carbonyl (C=O) groups excluding carboxylic acids is 1. The zero-order chi connectivity index (χ0) is 15.8. The molecule has 21 heavy (non-hydrogen) atoms. The predicted octanol–water partition coefficient (Wildman–Crippen LogP) is 2.87. The Balaban J connectivity index is 2.40. The van der Waals surface area contributed by atoms with E-state index in [1.165, 1.54) is 23.5 Å². The van der Waals surface area contributed by atoms with Crippen LogP contribution >= 0.6 is 33.9 Å². The molecular weight excluding hydrogens is 423 g/mol. The predicted molar refractivity (Wildman–Crippen MR) is 92.3 cm³/mol. The van der Waals surface area contributed by atoms with Crippen molar-refractivity contribution in [3.63, 3.8) is 0 Å². The molecule has 0 saturated heterocycles. The lowest BCUT2D eigenvalue weighted by Gasteiger charge is -2.12. The minimum atomic E-state index is -3.81. The second-order valence-electron chi connectivity index (χ2n) is 4.55. The fraction of sp³-hybridized carbons (Fsp3) is 0.154. The molecular formula is C13H13IN2O3S2. The van der Waals surface area contributed by atoms with Crippen LogP contribution in [0.2, 0.25) is 0 Å². The van der Waals surface area contributed by atoms with E-state index in [1.807, 2.05) is 6.92 Å². The standard InChI is InChI=1S/C13H13IN2O3S2/c1-7-3-10(21(15,18)19)5-11(8(7)2)16-13(17)9-4-12(14)20-6-9/h3-6H,1-2H3,(H,16,17)(H2,15,18,19). The van der Waals surface area contributed by atoms with Crippen molar-refractivity contribution < 1.29 is 13.2 Å². The van der Waals surface area contributed by atoms with Gasteiger partial charge in [-0.25, -0.2) is 13.6 Å². The van der Waals surface area contributed by atoms with E-state index in [1.54, 1.807) is 18.4 Å². The summed E-state index contributed by atoms with van der Waals surface area (Å²) in [4.78, 5) is 12.2. The average Bonchev–Trinajstić information content (AvgIpc) is 2.80. The maximum Gasteiger partial charge on any atom is 0.256 e. The minimum absolute atomic E-state index is 0.0131. The van der Waals surface area contributed by atoms with E-state index in [4.69, 9.17) is 5.14 Å². The van der Waals surface area contributed by atoms with Gasteiger partial charge in [0.2, 0.25) is 10.0 Å². The summed E-state index contributed by atoms with van der Waals surface area (Å²) in [6.45, 7) is 3.59. The third-order valence-corrected chi connectivity index (χ3v) is 5.73. The first kappa shape index (κ1) is 16.4. The Labute approximate surface area is 140 Å². The molecule has 0 aliphatic rings. The van der Waals surface area contributed by atoms with Crippen LogP contribution in [0.4, 0.5) is 5.69 Å². The number of benzene rings is 1. The van der Waals surface area contributed by atoms with E-state index in [-0.39, 0.29) is 10.8 Å². The largest absolute Gasteiger partial charge is 0.322 e. The van der Waals surface area contributed by atoms with Crippen LogP contribution in [0.15, 0.2) is 28.5 Å². The molecule has 0 spiro atoms. The van der Waals surface area contributed by atoms with Crippen LogP contribution in [0.25, 0.3) is 0 Å². The van der Waals surface area contributed by atoms with Crippen molar-refractivity contribution in [3.8, 4) is 0 Å². The second kappa shape index (κ2) is 6.03. The molecule has 1 amide bonds. The van der Waals surface area contributed by atoms with Gasteiger partial charge < -0.3 is 5.32 Å². The minimum Gasteiger partial charge on any atom is -0.322 e. The number of halogens is 1. The molecule has 0 aliphatic heterocycles. The summed E-state index contributed by atoms with van der Waals surface area (Å²) in [5, 5.41) is 9.64. The quantitative estimate of drug-likeness (QED) is 0.726. The van der Waals surface area contributed by atoms with Crippen LogP contribution in [0.5, 0.6) is 0 Å². The number of nitrogens with one attached hydrogen (secondary N) is 1. The monoisotopic (exact) mass is 436 g/mol. The first-order chi connectivity index (χ1) is 9.68. The Morgan fingerprint density at radius 3 is 2.48 bits per heavy atom. The summed E-state index contributed by atoms with van der Waals surface area (Å²) in [7, 11) is -3.81. The van der Waals surface area contributed by atoms with E-state index in [9.17, 15) is 13.2 Å². The Hall–Kier alpha value is -0.970. The number of aryl methyl sites for hydroxylation is 1. The highest BCUT2D eigenvalue weighted by Crippen LogP contribution is 2.25. The highest BCUT2D eigenvalue weighted by molar-refractivity contribution is 14.1. The zero-order valence-corrected chi connectivity index (χ0v) is 15.1. The second-order valence-corrected chi connectivity index (χ2v) is 8.92. The number of nitrogens with two attached hydrogens (primary N) is 1. The summed E-state index contributed by atoms with van der Waals surface area (Å²) in [5.74, 6) is -0.275. The van der Waals surface area contributed by atoms with Gasteiger partial charge in [0.05, 0.1) is 13.3 Å². The fourth-order valence-corrected chi connectivity index (χ4v) is 3.69. The maximum atomic E-state index is 12.2. The molecule has 0 aliphatic carbocycles. The van der Waals surface area contributed by atoms with Crippen molar-refractivity contribution in [1.82, 2.24) is 0 Å². The van der Waals surface area contributed by atoms with Crippen molar-refractivity contribution in [2.24, 2.45) is 5.14 Å². The molecule has 0 radical (unpaired) electrons. The van der Waals surface area contributed by atoms with Crippen molar-refractivity contribution in [2.45, 2.75) is 18.7 Å². The molecule has 0 saturated carbocycles. The molecule has 0 bridgehead atoms. The summed E-state index contributed by atoms with van der Waals surface area (Å²) < 4.78 is 24.0. The lowest BCUT2D eigenvalue weighted by atomic mass is 10.1. The summed E-state index contributed by atoms with van der Waals surface area (Å²) in [5.41, 5.74) is 2.55. The molecule has 0 fully saturated rings. The van der Waals surface area contributed by atoms with E-state index in [0.717, 1.165) is 14.0 Å². The number of rotatable bonds is 3. The Morgan fingerprint density at radius 2 is 1.95 bits per heavy atom. The fourth-order valence-electron chi connectivity index (χ4n) is 1.74. The van der Waals surface area contributed by atoms with Crippen LogP contribution in [-0.2, 0) is 10.0 Å². The maximum absolute atomic E-state index is 12.2. The van der Waals surface area contributed by atoms with E-state index >= 15 is 0 Å². The van der Waals surface area contributed by atoms with Crippen molar-refractivity contribution in [3.05, 3.63) is 43.2 Å². The molecule has 2 aromatic rings. The van der Waals surface area contributed by atoms with Gasteiger partial charge in [-0.2, -0.15) is 0 Å². The van der Waals surface area contributed by atoms with E-state index in [0.29, 0.717) is 11.3 Å². The number of sulfonamides is 1. The summed E-state index contributed by atoms with van der Waals surface area (Å²) in [6, 6.07) is 4.65. The van der Waals surface area contributed by atoms with E-state index < -0.39 is 10.0 Å². The van der Waals surface area contributed by atoms with Gasteiger partial charge in [-0.3, -0.25) is 4.79 Å². The van der Waals surface area contributed by atoms with Crippen LogP contribution < -0.4 is 10.5 Å². The highest BCUT2D eigenvalue weighted by atomic mass is 127. The Bertz CT molecular complexity index is 813. The van der Waals surface area contributed by atoms with Gasteiger partial charge in [-0.1, -0.05) is 0 Å². The van der Waals surface area contributed by atoms with Gasteiger partial charge in [-0.05, 0) is 65.8 Å². The third-order valence-electron chi connectivity index (χ3n) is 3.05. The molecule has 1 aromatic heterocycles. The zero-order valence-electron chi connectivity index (χ0n) is 11.3. The van der Waals surface area contributed by atoms with Gasteiger partial charge in [0.25, 0.3) is 5.91 Å². The molecule has 3 N–H and O–H groups in total. The van der Waals surface area contributed by atoms with Crippen LogP contribution in [0.1, 0.15) is 21.5 Å². The number of carbonyl (C=O) groups is 1. The molecule has 0 unspecified atom stereocenters. The lowest BCUT2D eigenvalue weighted by Crippen LogP contribution is -2.16. The van der Waals surface area contributed by atoms with Gasteiger partial charge in [0.1, 0.15) is 0 Å². The summed E-state index contributed by atoms with van der Waals surface area (Å²) in [6.07, 6.45) is 0. The average molecular weight is 436 g/mol. The van der Waals surface area contributed by atoms with Crippen molar-refractivity contribution >= 4 is 55.5 Å². The Morgan fingerprint density at radius 1 is 1.29 bits per heavy atom. The van der Waals surface area contributed by atoms with Gasteiger partial charge >= 0.3 is 0 Å². The number of primary sulfonamides is 1. The normalized spacial score (nSPS) is 11.4. The molecule has 1 heterocycles. The Kier molecular flexibility index (Phi) is 4.71. The van der Waals surface area contributed by atoms with Crippen LogP contribution in [-0.4, -0.2) is 14.3 Å². The molecule has 5 nitrogen and oxygen atoms in total. The van der Waals surface area contributed by atoms with Gasteiger partial charge in [-0.15, -0.1) is 11.3 Å². The first-order valence-electron chi connectivity index (χ1n) is 5.88. The van der Waals surface area contributed by atoms with Gasteiger partial charge in [0.15, 0.2) is 0 Å². The summed E-state index contributed by atoms with van der Waals surface area (Å²) >= 11 is 3.60. The molecule has 1 aromatic carbocycles. The van der Waals surface area contributed by atoms with E-state index in [2.05, 4.69) is 27.9 Å². The van der Waals surface area contributed by atoms with Crippen LogP contribution in [0, 0.1) is 16.7 Å².